The zero-order chi connectivity index (χ0) is 13.9. The van der Waals surface area contributed by atoms with E-state index in [1.54, 1.807) is 0 Å². The van der Waals surface area contributed by atoms with E-state index in [1.165, 1.54) is 25.7 Å². The summed E-state index contributed by atoms with van der Waals surface area (Å²) in [5, 5.41) is 0. The van der Waals surface area contributed by atoms with Crippen molar-refractivity contribution in [3.05, 3.63) is 30.6 Å². The van der Waals surface area contributed by atoms with Crippen LogP contribution in [-0.2, 0) is 11.3 Å². The zero-order valence-corrected chi connectivity index (χ0v) is 12.1. The summed E-state index contributed by atoms with van der Waals surface area (Å²) in [5.74, 6) is -0.124. The molecule has 3 nitrogen and oxygen atoms in total. The normalized spacial score (nSPS) is 12.3. The van der Waals surface area contributed by atoms with Crippen molar-refractivity contribution in [3.8, 4) is 0 Å². The van der Waals surface area contributed by atoms with Gasteiger partial charge in [-0.3, -0.25) is 4.79 Å². The number of pyridine rings is 1. The van der Waals surface area contributed by atoms with Crippen molar-refractivity contribution >= 4 is 5.91 Å². The molecule has 0 saturated carbocycles. The summed E-state index contributed by atoms with van der Waals surface area (Å²) in [6.07, 6.45) is 12.0. The minimum absolute atomic E-state index is 0.0225. The summed E-state index contributed by atoms with van der Waals surface area (Å²) in [6.45, 7) is 3.08. The highest BCUT2D eigenvalue weighted by Crippen LogP contribution is 2.14. The quantitative estimate of drug-likeness (QED) is 0.512. The van der Waals surface area contributed by atoms with Crippen LogP contribution in [0, 0.1) is 5.92 Å². The summed E-state index contributed by atoms with van der Waals surface area (Å²) >= 11 is 0. The van der Waals surface area contributed by atoms with Crippen molar-refractivity contribution in [2.24, 2.45) is 11.7 Å². The maximum atomic E-state index is 11.5. The fourth-order valence-corrected chi connectivity index (χ4v) is 2.31. The first-order valence-corrected chi connectivity index (χ1v) is 7.47. The molecule has 1 aromatic heterocycles. The van der Waals surface area contributed by atoms with E-state index in [9.17, 15) is 4.79 Å². The van der Waals surface area contributed by atoms with Crippen LogP contribution in [0.5, 0.6) is 0 Å². The van der Waals surface area contributed by atoms with E-state index in [-0.39, 0.29) is 11.8 Å². The average molecular weight is 263 g/mol. The number of carbonyl (C=O) groups excluding carboxylic acids is 1. The molecule has 0 aliphatic carbocycles. The predicted molar refractivity (Wildman–Crippen MR) is 77.3 cm³/mol. The third-order valence-electron chi connectivity index (χ3n) is 3.57. The third-order valence-corrected chi connectivity index (χ3v) is 3.57. The highest BCUT2D eigenvalue weighted by molar-refractivity contribution is 5.76. The molecule has 2 N–H and O–H groups in total. The Balaban J connectivity index is 2.26. The van der Waals surface area contributed by atoms with Gasteiger partial charge in [-0.05, 0) is 6.42 Å². The summed E-state index contributed by atoms with van der Waals surface area (Å²) in [4.78, 5) is 11.5. The van der Waals surface area contributed by atoms with Crippen molar-refractivity contribution in [3.63, 3.8) is 0 Å². The van der Waals surface area contributed by atoms with Gasteiger partial charge in [-0.1, -0.05) is 45.1 Å². The first-order valence-electron chi connectivity index (χ1n) is 7.47. The molecule has 3 heteroatoms. The molecule has 1 amide bonds. The lowest BCUT2D eigenvalue weighted by Crippen LogP contribution is -2.35. The largest absolute Gasteiger partial charge is 0.369 e. The summed E-state index contributed by atoms with van der Waals surface area (Å²) < 4.78 is 2.10. The molecule has 0 aliphatic heterocycles. The minimum atomic E-state index is -0.146. The number of hydrogen-bond donors (Lipinski definition) is 1. The Hall–Kier alpha value is -1.38. The van der Waals surface area contributed by atoms with E-state index in [0.717, 1.165) is 25.8 Å². The van der Waals surface area contributed by atoms with Gasteiger partial charge in [0.1, 0.15) is 6.54 Å². The van der Waals surface area contributed by atoms with Crippen LogP contribution < -0.4 is 10.3 Å². The second-order valence-electron chi connectivity index (χ2n) is 5.20. The molecule has 106 valence electrons. The number of unbranched alkanes of at least 4 members (excludes halogenated alkanes) is 4. The number of amides is 1. The van der Waals surface area contributed by atoms with Gasteiger partial charge < -0.3 is 5.73 Å². The second-order valence-corrected chi connectivity index (χ2v) is 5.20. The van der Waals surface area contributed by atoms with E-state index < -0.39 is 0 Å². The molecule has 0 radical (unpaired) electrons. The Morgan fingerprint density at radius 1 is 1.05 bits per heavy atom. The van der Waals surface area contributed by atoms with Crippen LogP contribution >= 0.6 is 0 Å². The van der Waals surface area contributed by atoms with E-state index in [4.69, 9.17) is 5.73 Å². The SMILES string of the molecule is CCCCCCCC(CC[n+]1ccccc1)C(N)=O. The van der Waals surface area contributed by atoms with Gasteiger partial charge in [0.2, 0.25) is 5.91 Å². The number of nitrogens with two attached hydrogens (primary N) is 1. The molecule has 1 rings (SSSR count). The molecule has 0 aliphatic rings. The first kappa shape index (κ1) is 15.7. The first-order chi connectivity index (χ1) is 9.24. The molecular weight excluding hydrogens is 236 g/mol. The lowest BCUT2D eigenvalue weighted by atomic mass is 9.96. The molecular formula is C16H27N2O+. The molecule has 0 bridgehead atoms. The average Bonchev–Trinajstić information content (AvgIpc) is 2.42. The van der Waals surface area contributed by atoms with Crippen LogP contribution in [0.25, 0.3) is 0 Å². The van der Waals surface area contributed by atoms with Gasteiger partial charge >= 0.3 is 0 Å². The van der Waals surface area contributed by atoms with Crippen LogP contribution in [-0.4, -0.2) is 5.91 Å². The van der Waals surface area contributed by atoms with Crippen molar-refractivity contribution in [1.82, 2.24) is 0 Å². The maximum absolute atomic E-state index is 11.5. The van der Waals surface area contributed by atoms with Crippen molar-refractivity contribution in [2.45, 2.75) is 58.4 Å². The highest BCUT2D eigenvalue weighted by atomic mass is 16.1. The monoisotopic (exact) mass is 263 g/mol. The van der Waals surface area contributed by atoms with Gasteiger partial charge in [0.15, 0.2) is 12.4 Å². The molecule has 1 unspecified atom stereocenters. The van der Waals surface area contributed by atoms with Gasteiger partial charge in [-0.15, -0.1) is 0 Å². The van der Waals surface area contributed by atoms with E-state index >= 15 is 0 Å². The van der Waals surface area contributed by atoms with Crippen LogP contribution in [0.4, 0.5) is 0 Å². The van der Waals surface area contributed by atoms with Gasteiger partial charge in [0.25, 0.3) is 0 Å². The Morgan fingerprint density at radius 2 is 1.74 bits per heavy atom. The summed E-state index contributed by atoms with van der Waals surface area (Å²) in [5.41, 5.74) is 5.49. The van der Waals surface area contributed by atoms with Gasteiger partial charge in [-0.2, -0.15) is 0 Å². The fraction of sp³-hybridized carbons (Fsp3) is 0.625. The number of aryl methyl sites for hydroxylation is 1. The lowest BCUT2D eigenvalue weighted by Gasteiger charge is -2.11. The zero-order valence-electron chi connectivity index (χ0n) is 12.1. The number of carbonyl (C=O) groups is 1. The predicted octanol–water partition coefficient (Wildman–Crippen LogP) is 2.83. The molecule has 1 heterocycles. The Labute approximate surface area is 116 Å². The number of primary amides is 1. The van der Waals surface area contributed by atoms with Crippen LogP contribution in [0.2, 0.25) is 0 Å². The van der Waals surface area contributed by atoms with Crippen molar-refractivity contribution in [1.29, 1.82) is 0 Å². The van der Waals surface area contributed by atoms with E-state index in [1.807, 2.05) is 30.6 Å². The topological polar surface area (TPSA) is 47.0 Å². The van der Waals surface area contributed by atoms with Gasteiger partial charge in [0.05, 0.1) is 0 Å². The lowest BCUT2D eigenvalue weighted by molar-refractivity contribution is -0.697. The number of nitrogens with zero attached hydrogens (tertiary/aromatic N) is 1. The fourth-order valence-electron chi connectivity index (χ4n) is 2.31. The highest BCUT2D eigenvalue weighted by Gasteiger charge is 2.16. The Morgan fingerprint density at radius 3 is 2.37 bits per heavy atom. The van der Waals surface area contributed by atoms with Gasteiger partial charge in [-0.25, -0.2) is 4.57 Å². The Kier molecular flexibility index (Phi) is 7.87. The van der Waals surface area contributed by atoms with Crippen molar-refractivity contribution < 1.29 is 9.36 Å². The maximum Gasteiger partial charge on any atom is 0.220 e. The number of hydrogen-bond acceptors (Lipinski definition) is 1. The van der Waals surface area contributed by atoms with Crippen molar-refractivity contribution in [2.75, 3.05) is 0 Å². The standard InChI is InChI=1S/C16H26N2O/c1-2-3-4-5-7-10-15(16(17)19)11-14-18-12-8-6-9-13-18/h6,8-9,12-13,15H,2-5,7,10-11,14H2,1H3,(H-,17,19)/p+1. The molecule has 0 aromatic carbocycles. The minimum Gasteiger partial charge on any atom is -0.369 e. The number of aromatic nitrogens is 1. The van der Waals surface area contributed by atoms with Crippen LogP contribution in [0.3, 0.4) is 0 Å². The van der Waals surface area contributed by atoms with Gasteiger partial charge in [0, 0.05) is 24.5 Å². The van der Waals surface area contributed by atoms with E-state index in [2.05, 4.69) is 11.5 Å². The smallest absolute Gasteiger partial charge is 0.220 e. The molecule has 0 saturated heterocycles. The van der Waals surface area contributed by atoms with Crippen LogP contribution in [0.15, 0.2) is 30.6 Å². The summed E-state index contributed by atoms with van der Waals surface area (Å²) in [6, 6.07) is 6.00. The molecule has 1 aromatic rings. The third kappa shape index (κ3) is 6.94. The Bertz CT molecular complexity index is 351. The summed E-state index contributed by atoms with van der Waals surface area (Å²) in [7, 11) is 0. The number of rotatable bonds is 10. The molecule has 19 heavy (non-hydrogen) atoms. The molecule has 0 fully saturated rings. The van der Waals surface area contributed by atoms with E-state index in [0.29, 0.717) is 0 Å². The van der Waals surface area contributed by atoms with Crippen LogP contribution in [0.1, 0.15) is 51.9 Å². The molecule has 0 spiro atoms. The second kappa shape index (κ2) is 9.54. The molecule has 1 atom stereocenters.